The van der Waals surface area contributed by atoms with Crippen LogP contribution in [0.25, 0.3) is 0 Å². The Morgan fingerprint density at radius 3 is 2.94 bits per heavy atom. The van der Waals surface area contributed by atoms with Gasteiger partial charge >= 0.3 is 0 Å². The molecule has 1 aromatic heterocycles. The van der Waals surface area contributed by atoms with Crippen molar-refractivity contribution in [3.05, 3.63) is 18.2 Å². The number of hydrogen-bond donors (Lipinski definition) is 1. The molecule has 0 saturated carbocycles. The quantitative estimate of drug-likeness (QED) is 0.862. The minimum atomic E-state index is 0.578. The average molecular weight is 250 g/mol. The molecule has 102 valence electrons. The Morgan fingerprint density at radius 1 is 1.44 bits per heavy atom. The van der Waals surface area contributed by atoms with Gasteiger partial charge in [-0.15, -0.1) is 0 Å². The van der Waals surface area contributed by atoms with Crippen LogP contribution in [-0.2, 0) is 6.54 Å². The molecule has 1 aliphatic rings. The third kappa shape index (κ3) is 3.12. The molecule has 1 fully saturated rings. The predicted molar refractivity (Wildman–Crippen MR) is 74.7 cm³/mol. The second-order valence-corrected chi connectivity index (χ2v) is 5.34. The van der Waals surface area contributed by atoms with Crippen LogP contribution in [0.4, 0.5) is 0 Å². The molecule has 0 spiro atoms. The van der Waals surface area contributed by atoms with Gasteiger partial charge in [0.2, 0.25) is 0 Å². The first-order chi connectivity index (χ1) is 8.72. The highest BCUT2D eigenvalue weighted by Crippen LogP contribution is 2.19. The number of rotatable bonds is 5. The van der Waals surface area contributed by atoms with Crippen molar-refractivity contribution in [3.8, 4) is 0 Å². The van der Waals surface area contributed by atoms with E-state index in [1.54, 1.807) is 0 Å². The molecule has 2 heterocycles. The lowest BCUT2D eigenvalue weighted by molar-refractivity contribution is 0.117. The normalized spacial score (nSPS) is 23.2. The fourth-order valence-electron chi connectivity index (χ4n) is 2.93. The Kier molecular flexibility index (Phi) is 4.78. The molecule has 2 unspecified atom stereocenters. The van der Waals surface area contributed by atoms with Gasteiger partial charge in [0.25, 0.3) is 0 Å². The summed E-state index contributed by atoms with van der Waals surface area (Å²) in [4.78, 5) is 6.93. The number of nitrogens with zero attached hydrogens (tertiary/aromatic N) is 3. The first kappa shape index (κ1) is 13.6. The molecule has 2 rings (SSSR count). The molecule has 2 atom stereocenters. The van der Waals surface area contributed by atoms with E-state index < -0.39 is 0 Å². The number of piperidine rings is 1. The molecule has 0 radical (unpaired) electrons. The molecule has 4 nitrogen and oxygen atoms in total. The molecule has 4 heteroatoms. The highest BCUT2D eigenvalue weighted by atomic mass is 15.2. The first-order valence-corrected chi connectivity index (χ1v) is 7.11. The van der Waals surface area contributed by atoms with Crippen LogP contribution >= 0.6 is 0 Å². The van der Waals surface area contributed by atoms with Crippen LogP contribution in [0.15, 0.2) is 12.4 Å². The van der Waals surface area contributed by atoms with E-state index in [1.165, 1.54) is 25.8 Å². The zero-order chi connectivity index (χ0) is 13.0. The number of nitrogens with one attached hydrogen (secondary N) is 1. The Labute approximate surface area is 110 Å². The van der Waals surface area contributed by atoms with Crippen LogP contribution < -0.4 is 5.32 Å². The number of likely N-dealkylation sites (tertiary alicyclic amines) is 1. The summed E-state index contributed by atoms with van der Waals surface area (Å²) in [6.07, 6.45) is 8.01. The van der Waals surface area contributed by atoms with Crippen molar-refractivity contribution in [1.29, 1.82) is 0 Å². The van der Waals surface area contributed by atoms with Crippen molar-refractivity contribution >= 4 is 0 Å². The smallest absolute Gasteiger partial charge is 0.105 e. The third-order valence-electron chi connectivity index (χ3n) is 4.25. The zero-order valence-electron chi connectivity index (χ0n) is 11.9. The summed E-state index contributed by atoms with van der Waals surface area (Å²) in [5.41, 5.74) is 0. The van der Waals surface area contributed by atoms with E-state index in [9.17, 15) is 0 Å². The maximum absolute atomic E-state index is 4.28. The van der Waals surface area contributed by atoms with Crippen molar-refractivity contribution in [3.63, 3.8) is 0 Å². The minimum absolute atomic E-state index is 0.578. The van der Waals surface area contributed by atoms with E-state index in [4.69, 9.17) is 0 Å². The van der Waals surface area contributed by atoms with E-state index >= 15 is 0 Å². The molecule has 1 N–H and O–H groups in total. The van der Waals surface area contributed by atoms with Crippen LogP contribution in [0.5, 0.6) is 0 Å². The molecular formula is C14H26N4. The Balaban J connectivity index is 1.91. The van der Waals surface area contributed by atoms with Gasteiger partial charge in [0.1, 0.15) is 5.82 Å². The van der Waals surface area contributed by atoms with Crippen LogP contribution in [0.1, 0.15) is 32.0 Å². The average Bonchev–Trinajstić information content (AvgIpc) is 2.81. The number of hydrogen-bond acceptors (Lipinski definition) is 3. The Hall–Kier alpha value is -0.870. The van der Waals surface area contributed by atoms with E-state index in [1.807, 2.05) is 6.20 Å². The molecule has 1 aromatic rings. The van der Waals surface area contributed by atoms with Crippen molar-refractivity contribution in [2.45, 2.75) is 51.7 Å². The predicted octanol–water partition coefficient (Wildman–Crippen LogP) is 1.65. The number of likely N-dealkylation sites (N-methyl/N-ethyl adjacent to an activating group) is 1. The van der Waals surface area contributed by atoms with Crippen molar-refractivity contribution < 1.29 is 0 Å². The lowest BCUT2D eigenvalue weighted by Gasteiger charge is -2.39. The summed E-state index contributed by atoms with van der Waals surface area (Å²) in [5, 5.41) is 3.41. The largest absolute Gasteiger partial charge is 0.334 e. The van der Waals surface area contributed by atoms with Gasteiger partial charge in [0.15, 0.2) is 0 Å². The molecule has 1 aliphatic heterocycles. The first-order valence-electron chi connectivity index (χ1n) is 7.11. The maximum Gasteiger partial charge on any atom is 0.105 e. The fourth-order valence-corrected chi connectivity index (χ4v) is 2.93. The summed E-state index contributed by atoms with van der Waals surface area (Å²) in [7, 11) is 2.07. The van der Waals surface area contributed by atoms with Crippen LogP contribution in [0, 0.1) is 6.92 Å². The Morgan fingerprint density at radius 2 is 2.28 bits per heavy atom. The molecule has 1 saturated heterocycles. The van der Waals surface area contributed by atoms with Crippen molar-refractivity contribution in [1.82, 2.24) is 19.8 Å². The van der Waals surface area contributed by atoms with E-state index in [2.05, 4.69) is 46.9 Å². The van der Waals surface area contributed by atoms with Gasteiger partial charge < -0.3 is 9.88 Å². The molecule has 0 bridgehead atoms. The van der Waals surface area contributed by atoms with Gasteiger partial charge in [0, 0.05) is 37.6 Å². The Bertz CT molecular complexity index is 360. The summed E-state index contributed by atoms with van der Waals surface area (Å²) in [6, 6.07) is 1.27. The zero-order valence-corrected chi connectivity index (χ0v) is 11.9. The van der Waals surface area contributed by atoms with Crippen molar-refractivity contribution in [2.75, 3.05) is 20.1 Å². The molecule has 18 heavy (non-hydrogen) atoms. The lowest BCUT2D eigenvalue weighted by Crippen LogP contribution is -2.50. The van der Waals surface area contributed by atoms with Gasteiger partial charge in [-0.1, -0.05) is 6.42 Å². The van der Waals surface area contributed by atoms with Crippen molar-refractivity contribution in [2.24, 2.45) is 0 Å². The highest BCUT2D eigenvalue weighted by molar-refractivity contribution is 4.90. The van der Waals surface area contributed by atoms with Gasteiger partial charge in [-0.05, 0) is 40.3 Å². The second-order valence-electron chi connectivity index (χ2n) is 5.34. The van der Waals surface area contributed by atoms with Crippen LogP contribution in [0.2, 0.25) is 0 Å². The monoisotopic (exact) mass is 250 g/mol. The SMILES string of the molecule is CNC(C)C1CCCCN1CCn1ccnc1C. The van der Waals surface area contributed by atoms with Gasteiger partial charge in [0.05, 0.1) is 0 Å². The number of aromatic nitrogens is 2. The van der Waals surface area contributed by atoms with E-state index in [0.717, 1.165) is 18.9 Å². The van der Waals surface area contributed by atoms with Crippen LogP contribution in [0.3, 0.4) is 0 Å². The number of imidazole rings is 1. The number of aryl methyl sites for hydroxylation is 1. The highest BCUT2D eigenvalue weighted by Gasteiger charge is 2.26. The van der Waals surface area contributed by atoms with E-state index in [-0.39, 0.29) is 0 Å². The third-order valence-corrected chi connectivity index (χ3v) is 4.25. The maximum atomic E-state index is 4.28. The lowest BCUT2D eigenvalue weighted by atomic mass is 9.96. The second kappa shape index (κ2) is 6.34. The van der Waals surface area contributed by atoms with Gasteiger partial charge in [-0.3, -0.25) is 4.90 Å². The summed E-state index contributed by atoms with van der Waals surface area (Å²) >= 11 is 0. The molecule has 0 amide bonds. The fraction of sp³-hybridized carbons (Fsp3) is 0.786. The molecular weight excluding hydrogens is 224 g/mol. The van der Waals surface area contributed by atoms with Gasteiger partial charge in [-0.25, -0.2) is 4.98 Å². The minimum Gasteiger partial charge on any atom is -0.334 e. The van der Waals surface area contributed by atoms with Gasteiger partial charge in [-0.2, -0.15) is 0 Å². The molecule has 0 aromatic carbocycles. The topological polar surface area (TPSA) is 33.1 Å². The van der Waals surface area contributed by atoms with Crippen LogP contribution in [-0.4, -0.2) is 46.7 Å². The standard InChI is InChI=1S/C14H26N4/c1-12(15-3)14-6-4-5-8-18(14)11-10-17-9-7-16-13(17)2/h7,9,12,14-15H,4-6,8,10-11H2,1-3H3. The summed E-state index contributed by atoms with van der Waals surface area (Å²) in [5.74, 6) is 1.12. The summed E-state index contributed by atoms with van der Waals surface area (Å²) in [6.45, 7) is 7.80. The molecule has 0 aliphatic carbocycles. The summed E-state index contributed by atoms with van der Waals surface area (Å²) < 4.78 is 2.25. The van der Waals surface area contributed by atoms with E-state index in [0.29, 0.717) is 12.1 Å².